The Balaban J connectivity index is 1.30. The van der Waals surface area contributed by atoms with Crippen molar-refractivity contribution in [2.75, 3.05) is 11.4 Å². The molecular weight excluding hydrogens is 560 g/mol. The summed E-state index contributed by atoms with van der Waals surface area (Å²) in [6.07, 6.45) is 6.51. The van der Waals surface area contributed by atoms with Crippen LogP contribution in [0.15, 0.2) is 127 Å². The minimum Gasteiger partial charge on any atom is -0.355 e. The van der Waals surface area contributed by atoms with Gasteiger partial charge in [0.1, 0.15) is 5.69 Å². The highest BCUT2D eigenvalue weighted by atomic mass is 15.1. The van der Waals surface area contributed by atoms with E-state index in [-0.39, 0.29) is 5.41 Å². The summed E-state index contributed by atoms with van der Waals surface area (Å²) >= 11 is 0. The quantitative estimate of drug-likeness (QED) is 0.186. The van der Waals surface area contributed by atoms with E-state index in [4.69, 9.17) is 9.97 Å². The average Bonchev–Trinajstić information content (AvgIpc) is 3.46. The Morgan fingerprint density at radius 1 is 0.804 bits per heavy atom. The maximum Gasteiger partial charge on any atom is 0.106 e. The summed E-state index contributed by atoms with van der Waals surface area (Å²) in [5, 5.41) is 2.44. The minimum absolute atomic E-state index is 0.0758. The van der Waals surface area contributed by atoms with Crippen molar-refractivity contribution in [3.8, 4) is 11.3 Å². The number of anilines is 2. The van der Waals surface area contributed by atoms with Gasteiger partial charge >= 0.3 is 0 Å². The largest absolute Gasteiger partial charge is 0.355 e. The molecule has 0 aliphatic heterocycles. The average molecular weight is 597 g/mol. The van der Waals surface area contributed by atoms with Crippen LogP contribution in [0.5, 0.6) is 0 Å². The molecule has 0 amide bonds. The Labute approximate surface area is 270 Å². The number of nitrogens with zero attached hydrogens (tertiary/aromatic N) is 3. The molecule has 2 aromatic heterocycles. The first-order chi connectivity index (χ1) is 22.4. The predicted molar refractivity (Wildman–Crippen MR) is 193 cm³/mol. The Hall–Kier alpha value is -5.66. The SMILES string of the molecule is C/C=C(\C=C/CN(c1ccccc1)c1ccc2[nH]c3ccccc3c2c1)c1nc2c(C(C)(C)C)cccc2nc1-c1c#cccc1. The molecule has 0 bridgehead atoms. The van der Waals surface area contributed by atoms with E-state index in [2.05, 4.69) is 153 Å². The van der Waals surface area contributed by atoms with Crippen molar-refractivity contribution in [1.29, 1.82) is 0 Å². The number of benzene rings is 4. The molecule has 7 aromatic rings. The van der Waals surface area contributed by atoms with E-state index < -0.39 is 0 Å². The molecule has 0 saturated heterocycles. The fourth-order valence-electron chi connectivity index (χ4n) is 6.13. The highest BCUT2D eigenvalue weighted by molar-refractivity contribution is 6.08. The number of fused-ring (bicyclic) bond motifs is 4. The number of aromatic amines is 1. The number of allylic oxidation sites excluding steroid dienone is 3. The Morgan fingerprint density at radius 2 is 1.61 bits per heavy atom. The molecule has 46 heavy (non-hydrogen) atoms. The van der Waals surface area contributed by atoms with Crippen LogP contribution in [0.3, 0.4) is 0 Å². The van der Waals surface area contributed by atoms with Gasteiger partial charge in [0.05, 0.1) is 22.3 Å². The number of H-pyrrole nitrogens is 1. The number of aromatic nitrogens is 3. The third-order valence-corrected chi connectivity index (χ3v) is 8.45. The zero-order valence-corrected chi connectivity index (χ0v) is 26.7. The lowest BCUT2D eigenvalue weighted by atomic mass is 9.86. The number of hydrogen-bond donors (Lipinski definition) is 1. The van der Waals surface area contributed by atoms with Gasteiger partial charge < -0.3 is 9.88 Å². The van der Waals surface area contributed by atoms with Crippen LogP contribution in [0, 0.1) is 12.1 Å². The molecule has 4 nitrogen and oxygen atoms in total. The van der Waals surface area contributed by atoms with Gasteiger partial charge in [0.2, 0.25) is 0 Å². The molecule has 0 aliphatic rings. The lowest BCUT2D eigenvalue weighted by Crippen LogP contribution is -2.16. The second kappa shape index (κ2) is 12.0. The minimum atomic E-state index is -0.0758. The first-order valence-electron chi connectivity index (χ1n) is 15.8. The highest BCUT2D eigenvalue weighted by Crippen LogP contribution is 2.35. The summed E-state index contributed by atoms with van der Waals surface area (Å²) in [4.78, 5) is 16.4. The van der Waals surface area contributed by atoms with E-state index in [1.54, 1.807) is 0 Å². The molecule has 1 N–H and O–H groups in total. The van der Waals surface area contributed by atoms with Crippen molar-refractivity contribution in [2.45, 2.75) is 33.1 Å². The molecule has 5 aromatic carbocycles. The number of nitrogens with one attached hydrogen (secondary N) is 1. The van der Waals surface area contributed by atoms with Crippen molar-refractivity contribution in [1.82, 2.24) is 15.0 Å². The van der Waals surface area contributed by atoms with Gasteiger partial charge in [-0.25, -0.2) is 9.97 Å². The van der Waals surface area contributed by atoms with Crippen LogP contribution in [-0.2, 0) is 5.41 Å². The fourth-order valence-corrected chi connectivity index (χ4v) is 6.13. The molecule has 224 valence electrons. The molecule has 0 saturated carbocycles. The molecule has 0 atom stereocenters. The standard InChI is InChI=1S/C42H36N4/c1-5-29(39-40(30-16-8-6-9-17-30)44-38-24-14-22-35(41(38)45-39)42(2,3)4)18-15-27-46(31-19-10-7-11-20-31)32-25-26-37-34(28-32)33-21-12-13-23-36(33)43-37/h5-8,10-16,18-26,28,43H,27H2,1-4H3/b18-15-,29-5+. The van der Waals surface area contributed by atoms with Crippen molar-refractivity contribution in [3.63, 3.8) is 0 Å². The van der Waals surface area contributed by atoms with Crippen molar-refractivity contribution in [2.24, 2.45) is 0 Å². The van der Waals surface area contributed by atoms with Crippen LogP contribution >= 0.6 is 0 Å². The third-order valence-electron chi connectivity index (χ3n) is 8.45. The summed E-state index contributed by atoms with van der Waals surface area (Å²) in [6.45, 7) is 9.40. The normalized spacial score (nSPS) is 12.3. The maximum absolute atomic E-state index is 5.33. The Kier molecular flexibility index (Phi) is 7.60. The van der Waals surface area contributed by atoms with E-state index in [1.165, 1.54) is 16.3 Å². The van der Waals surface area contributed by atoms with Gasteiger partial charge in [-0.05, 0) is 78.1 Å². The Bertz CT molecular complexity index is 2220. The molecule has 0 aliphatic carbocycles. The van der Waals surface area contributed by atoms with Crippen LogP contribution in [-0.4, -0.2) is 21.5 Å². The van der Waals surface area contributed by atoms with Crippen molar-refractivity contribution < 1.29 is 0 Å². The zero-order valence-electron chi connectivity index (χ0n) is 26.7. The van der Waals surface area contributed by atoms with E-state index in [1.807, 2.05) is 24.3 Å². The zero-order chi connectivity index (χ0) is 31.7. The maximum atomic E-state index is 5.33. The van der Waals surface area contributed by atoms with Gasteiger partial charge in [0, 0.05) is 39.7 Å². The monoisotopic (exact) mass is 596 g/mol. The smallest absolute Gasteiger partial charge is 0.106 e. The van der Waals surface area contributed by atoms with E-state index in [0.717, 1.165) is 56.0 Å². The molecule has 0 fully saturated rings. The predicted octanol–water partition coefficient (Wildman–Crippen LogP) is 10.6. The van der Waals surface area contributed by atoms with Gasteiger partial charge in [-0.3, -0.25) is 0 Å². The topological polar surface area (TPSA) is 44.8 Å². The summed E-state index contributed by atoms with van der Waals surface area (Å²) < 4.78 is 0. The molecule has 4 heteroatoms. The number of hydrogen-bond acceptors (Lipinski definition) is 3. The first-order valence-corrected chi connectivity index (χ1v) is 15.8. The van der Waals surface area contributed by atoms with Gasteiger partial charge in [-0.2, -0.15) is 0 Å². The lowest BCUT2D eigenvalue weighted by Gasteiger charge is -2.24. The van der Waals surface area contributed by atoms with Crippen LogP contribution in [0.25, 0.3) is 49.7 Å². The third kappa shape index (κ3) is 5.53. The lowest BCUT2D eigenvalue weighted by molar-refractivity contribution is 0.594. The van der Waals surface area contributed by atoms with Crippen molar-refractivity contribution in [3.05, 3.63) is 151 Å². The summed E-state index contributed by atoms with van der Waals surface area (Å²) in [5.41, 5.74) is 11.0. The Morgan fingerprint density at radius 3 is 2.39 bits per heavy atom. The molecule has 0 radical (unpaired) electrons. The molecular formula is C42H36N4. The first kappa shape index (κ1) is 29.1. The molecule has 2 heterocycles. The van der Waals surface area contributed by atoms with Gasteiger partial charge in [0.25, 0.3) is 0 Å². The van der Waals surface area contributed by atoms with Crippen LogP contribution in [0.1, 0.15) is 39.0 Å². The second-order valence-electron chi connectivity index (χ2n) is 12.5. The molecule has 0 unspecified atom stereocenters. The van der Waals surface area contributed by atoms with Crippen LogP contribution in [0.4, 0.5) is 11.4 Å². The summed E-state index contributed by atoms with van der Waals surface area (Å²) in [7, 11) is 0. The van der Waals surface area contributed by atoms with E-state index in [0.29, 0.717) is 6.54 Å². The van der Waals surface area contributed by atoms with Gasteiger partial charge in [-0.1, -0.05) is 106 Å². The van der Waals surface area contributed by atoms with Crippen LogP contribution in [0.2, 0.25) is 0 Å². The fraction of sp³-hybridized carbons (Fsp3) is 0.143. The second-order valence-corrected chi connectivity index (χ2v) is 12.5. The van der Waals surface area contributed by atoms with Crippen molar-refractivity contribution >= 4 is 49.8 Å². The van der Waals surface area contributed by atoms with E-state index >= 15 is 0 Å². The highest BCUT2D eigenvalue weighted by Gasteiger charge is 2.21. The molecule has 7 rings (SSSR count). The van der Waals surface area contributed by atoms with E-state index in [9.17, 15) is 0 Å². The number of rotatable bonds is 7. The summed E-state index contributed by atoms with van der Waals surface area (Å²) in [6, 6.07) is 44.2. The summed E-state index contributed by atoms with van der Waals surface area (Å²) in [5.74, 6) is 0. The van der Waals surface area contributed by atoms with Crippen LogP contribution < -0.4 is 4.90 Å². The van der Waals surface area contributed by atoms with Gasteiger partial charge in [-0.15, -0.1) is 0 Å². The molecule has 0 spiro atoms. The number of para-hydroxylation sites is 3. The van der Waals surface area contributed by atoms with Gasteiger partial charge in [0.15, 0.2) is 0 Å².